The van der Waals surface area contributed by atoms with Gasteiger partial charge in [-0.15, -0.1) is 0 Å². The molecule has 0 saturated heterocycles. The number of benzene rings is 1. The summed E-state index contributed by atoms with van der Waals surface area (Å²) in [5.74, 6) is 0.420. The molecule has 1 unspecified atom stereocenters. The van der Waals surface area contributed by atoms with Crippen LogP contribution in [-0.4, -0.2) is 22.5 Å². The second-order valence-electron chi connectivity index (χ2n) is 5.02. The van der Waals surface area contributed by atoms with E-state index in [0.29, 0.717) is 12.2 Å². The van der Waals surface area contributed by atoms with Gasteiger partial charge in [-0.25, -0.2) is 0 Å². The van der Waals surface area contributed by atoms with E-state index in [-0.39, 0.29) is 35.6 Å². The van der Waals surface area contributed by atoms with Crippen molar-refractivity contribution < 1.29 is 9.53 Å². The van der Waals surface area contributed by atoms with Crippen molar-refractivity contribution in [2.75, 3.05) is 17.7 Å². The highest BCUT2D eigenvalue weighted by Gasteiger charge is 2.30. The van der Waals surface area contributed by atoms with Crippen molar-refractivity contribution in [2.24, 2.45) is 0 Å². The number of carbonyl (C=O) groups is 1. The van der Waals surface area contributed by atoms with E-state index in [1.807, 2.05) is 31.2 Å². The Hall–Kier alpha value is -2.83. The molecule has 3 rings (SSSR count). The van der Waals surface area contributed by atoms with Crippen LogP contribution >= 0.6 is 0 Å². The maximum atomic E-state index is 12.2. The zero-order valence-electron chi connectivity index (χ0n) is 12.1. The molecule has 0 bridgehead atoms. The van der Waals surface area contributed by atoms with E-state index >= 15 is 0 Å². The highest BCUT2D eigenvalue weighted by Crippen LogP contribution is 2.34. The van der Waals surface area contributed by atoms with Gasteiger partial charge in [-0.3, -0.25) is 14.6 Å². The Bertz CT molecular complexity index is 767. The Morgan fingerprint density at radius 2 is 2.05 bits per heavy atom. The zero-order valence-corrected chi connectivity index (χ0v) is 12.1. The number of nitrogens with one attached hydrogen (secondary N) is 2. The molecule has 7 nitrogen and oxygen atoms in total. The highest BCUT2D eigenvalue weighted by atomic mass is 16.5. The maximum absolute atomic E-state index is 12.2. The summed E-state index contributed by atoms with van der Waals surface area (Å²) in [7, 11) is 0. The molecule has 1 aliphatic heterocycles. The van der Waals surface area contributed by atoms with Gasteiger partial charge in [-0.1, -0.05) is 12.1 Å². The largest absolute Gasteiger partial charge is 0.494 e. The normalized spacial score (nSPS) is 16.8. The number of hydrogen-bond donors (Lipinski definition) is 3. The fraction of sp³-hybridized carbons (Fsp3) is 0.267. The number of nitrogen functional groups attached to an aromatic ring is 1. The average Bonchev–Trinajstić information content (AvgIpc) is 2.46. The van der Waals surface area contributed by atoms with Crippen LogP contribution < -0.4 is 21.3 Å². The second kappa shape index (κ2) is 5.51. The smallest absolute Gasteiger partial charge is 0.258 e. The number of nitrogens with zero attached hydrogens (tertiary/aromatic N) is 1. The summed E-state index contributed by atoms with van der Waals surface area (Å²) in [5.41, 5.74) is 6.49. The van der Waals surface area contributed by atoms with Gasteiger partial charge in [0, 0.05) is 12.3 Å². The van der Waals surface area contributed by atoms with Gasteiger partial charge in [0.25, 0.3) is 5.56 Å². The van der Waals surface area contributed by atoms with Crippen molar-refractivity contribution in [3.63, 3.8) is 0 Å². The molecule has 22 heavy (non-hydrogen) atoms. The zero-order chi connectivity index (χ0) is 15.7. The minimum Gasteiger partial charge on any atom is -0.494 e. The molecule has 114 valence electrons. The number of nitrogens with two attached hydrogens (primary N) is 1. The SMILES string of the molecule is CCOc1ccc(C2CC(=O)Nc3nc(N)[nH]c(=O)c32)cc1. The summed E-state index contributed by atoms with van der Waals surface area (Å²) in [4.78, 5) is 30.6. The summed E-state index contributed by atoms with van der Waals surface area (Å²) < 4.78 is 5.40. The number of carbonyl (C=O) groups excluding carboxylic acids is 1. The number of fused-ring (bicyclic) bond motifs is 1. The van der Waals surface area contributed by atoms with E-state index in [1.165, 1.54) is 0 Å². The van der Waals surface area contributed by atoms with E-state index in [4.69, 9.17) is 10.5 Å². The van der Waals surface area contributed by atoms with Gasteiger partial charge in [0.05, 0.1) is 12.2 Å². The molecular weight excluding hydrogens is 284 g/mol. The standard InChI is InChI=1S/C15H16N4O3/c1-2-22-9-5-3-8(4-6-9)10-7-11(20)17-13-12(10)14(21)19-15(16)18-13/h3-6,10H,2,7H2,1H3,(H4,16,17,18,19,20,21). The summed E-state index contributed by atoms with van der Waals surface area (Å²) in [6, 6.07) is 7.36. The molecule has 2 heterocycles. The van der Waals surface area contributed by atoms with E-state index in [0.717, 1.165) is 11.3 Å². The number of H-pyrrole nitrogens is 1. The second-order valence-corrected chi connectivity index (χ2v) is 5.02. The first kappa shape index (κ1) is 14.1. The predicted molar refractivity (Wildman–Crippen MR) is 82.0 cm³/mol. The van der Waals surface area contributed by atoms with Crippen LogP contribution in [0.15, 0.2) is 29.1 Å². The molecule has 0 spiro atoms. The molecule has 1 aliphatic rings. The monoisotopic (exact) mass is 300 g/mol. The van der Waals surface area contributed by atoms with Crippen molar-refractivity contribution in [3.05, 3.63) is 45.7 Å². The Balaban J connectivity index is 2.05. The number of rotatable bonds is 3. The molecule has 0 radical (unpaired) electrons. The van der Waals surface area contributed by atoms with Crippen LogP contribution in [0, 0.1) is 0 Å². The van der Waals surface area contributed by atoms with Gasteiger partial charge < -0.3 is 15.8 Å². The number of aromatic nitrogens is 2. The third kappa shape index (κ3) is 2.52. The molecular formula is C15H16N4O3. The maximum Gasteiger partial charge on any atom is 0.258 e. The number of aromatic amines is 1. The van der Waals surface area contributed by atoms with Gasteiger partial charge in [0.1, 0.15) is 11.6 Å². The Labute approximate surface area is 126 Å². The van der Waals surface area contributed by atoms with Crippen molar-refractivity contribution in [1.82, 2.24) is 9.97 Å². The van der Waals surface area contributed by atoms with E-state index in [2.05, 4.69) is 15.3 Å². The van der Waals surface area contributed by atoms with Crippen molar-refractivity contribution in [1.29, 1.82) is 0 Å². The molecule has 0 saturated carbocycles. The highest BCUT2D eigenvalue weighted by molar-refractivity contribution is 5.94. The summed E-state index contributed by atoms with van der Waals surface area (Å²) >= 11 is 0. The molecule has 2 aromatic rings. The molecule has 7 heteroatoms. The molecule has 0 fully saturated rings. The lowest BCUT2D eigenvalue weighted by Crippen LogP contribution is -2.31. The summed E-state index contributed by atoms with van der Waals surface area (Å²) in [5, 5.41) is 2.60. The molecule has 4 N–H and O–H groups in total. The van der Waals surface area contributed by atoms with E-state index in [9.17, 15) is 9.59 Å². The van der Waals surface area contributed by atoms with Crippen LogP contribution in [0.1, 0.15) is 30.4 Å². The molecule has 1 amide bonds. The van der Waals surface area contributed by atoms with Gasteiger partial charge in [-0.05, 0) is 24.6 Å². The van der Waals surface area contributed by atoms with Gasteiger partial charge >= 0.3 is 0 Å². The molecule has 1 aromatic carbocycles. The lowest BCUT2D eigenvalue weighted by atomic mass is 9.87. The lowest BCUT2D eigenvalue weighted by molar-refractivity contribution is -0.116. The summed E-state index contributed by atoms with van der Waals surface area (Å²) in [6.07, 6.45) is 0.190. The number of anilines is 2. The quantitative estimate of drug-likeness (QED) is 0.789. The Morgan fingerprint density at radius 1 is 1.32 bits per heavy atom. The van der Waals surface area contributed by atoms with Crippen LogP contribution in [0.4, 0.5) is 11.8 Å². The van der Waals surface area contributed by atoms with Crippen molar-refractivity contribution in [2.45, 2.75) is 19.3 Å². The number of amides is 1. The van der Waals surface area contributed by atoms with Gasteiger partial charge in [0.2, 0.25) is 11.9 Å². The Morgan fingerprint density at radius 3 is 2.73 bits per heavy atom. The first-order valence-electron chi connectivity index (χ1n) is 7.00. The van der Waals surface area contributed by atoms with Gasteiger partial charge in [-0.2, -0.15) is 4.98 Å². The van der Waals surface area contributed by atoms with Crippen LogP contribution in [0.2, 0.25) is 0 Å². The van der Waals surface area contributed by atoms with Gasteiger partial charge in [0.15, 0.2) is 0 Å². The molecule has 1 aromatic heterocycles. The first-order chi connectivity index (χ1) is 10.6. The van der Waals surface area contributed by atoms with Crippen LogP contribution in [0.3, 0.4) is 0 Å². The number of hydrogen-bond acceptors (Lipinski definition) is 5. The minimum atomic E-state index is -0.351. The fourth-order valence-electron chi connectivity index (χ4n) is 2.64. The number of ether oxygens (including phenoxy) is 1. The fourth-order valence-corrected chi connectivity index (χ4v) is 2.64. The average molecular weight is 300 g/mol. The van der Waals surface area contributed by atoms with E-state index < -0.39 is 0 Å². The predicted octanol–water partition coefficient (Wildman–Crippen LogP) is 1.22. The van der Waals surface area contributed by atoms with Crippen molar-refractivity contribution >= 4 is 17.7 Å². The van der Waals surface area contributed by atoms with Crippen LogP contribution in [0.25, 0.3) is 0 Å². The van der Waals surface area contributed by atoms with Crippen molar-refractivity contribution in [3.8, 4) is 5.75 Å². The van der Waals surface area contributed by atoms with Crippen LogP contribution in [-0.2, 0) is 4.79 Å². The Kier molecular flexibility index (Phi) is 3.54. The summed E-state index contributed by atoms with van der Waals surface area (Å²) in [6.45, 7) is 2.49. The van der Waals surface area contributed by atoms with Crippen LogP contribution in [0.5, 0.6) is 5.75 Å². The van der Waals surface area contributed by atoms with E-state index in [1.54, 1.807) is 0 Å². The third-order valence-corrected chi connectivity index (χ3v) is 3.56. The lowest BCUT2D eigenvalue weighted by Gasteiger charge is -2.24. The third-order valence-electron chi connectivity index (χ3n) is 3.56. The topological polar surface area (TPSA) is 110 Å². The minimum absolute atomic E-state index is 0.0172. The molecule has 1 atom stereocenters. The molecule has 0 aliphatic carbocycles. The first-order valence-corrected chi connectivity index (χ1v) is 7.00.